The fourth-order valence-electron chi connectivity index (χ4n) is 2.66. The number of rotatable bonds is 4. The standard InChI is InChI=1S/C19H16N4OS2/c1-3-8-23-17(24)16(26-19(23)22-18-21-12(2)11-25-18)9-13-10-20-15-7-5-4-6-14(13)15/h3-7,9-11,24H,1,8H2,2H3/b13-9+,22-19+. The molecule has 7 heteroatoms. The second kappa shape index (κ2) is 6.86. The minimum Gasteiger partial charge on any atom is -0.493 e. The van der Waals surface area contributed by atoms with Crippen LogP contribution in [0.25, 0.3) is 11.6 Å². The van der Waals surface area contributed by atoms with E-state index in [1.807, 2.05) is 48.9 Å². The first-order valence-electron chi connectivity index (χ1n) is 8.01. The molecule has 0 unspecified atom stereocenters. The number of fused-ring (bicyclic) bond motifs is 1. The number of hydrogen-bond acceptors (Lipinski definition) is 6. The third kappa shape index (κ3) is 3.07. The van der Waals surface area contributed by atoms with Gasteiger partial charge in [-0.2, -0.15) is 4.99 Å². The molecule has 3 aromatic rings. The highest BCUT2D eigenvalue weighted by molar-refractivity contribution is 7.13. The Hall–Kier alpha value is -2.77. The van der Waals surface area contributed by atoms with E-state index in [4.69, 9.17) is 0 Å². The summed E-state index contributed by atoms with van der Waals surface area (Å²) in [4.78, 5) is 14.8. The van der Waals surface area contributed by atoms with E-state index in [1.165, 1.54) is 22.7 Å². The van der Waals surface area contributed by atoms with Crippen LogP contribution >= 0.6 is 22.7 Å². The van der Waals surface area contributed by atoms with Crippen molar-refractivity contribution in [3.8, 4) is 5.88 Å². The van der Waals surface area contributed by atoms with Gasteiger partial charge in [-0.25, -0.2) is 4.98 Å². The van der Waals surface area contributed by atoms with Crippen LogP contribution in [0, 0.1) is 6.92 Å². The van der Waals surface area contributed by atoms with Gasteiger partial charge in [0.05, 0.1) is 16.3 Å². The summed E-state index contributed by atoms with van der Waals surface area (Å²) >= 11 is 2.90. The van der Waals surface area contributed by atoms with E-state index >= 15 is 0 Å². The molecule has 4 rings (SSSR count). The first kappa shape index (κ1) is 16.7. The summed E-state index contributed by atoms with van der Waals surface area (Å²) in [5.74, 6) is 0.173. The molecule has 0 amide bonds. The van der Waals surface area contributed by atoms with Gasteiger partial charge in [0, 0.05) is 29.3 Å². The Kier molecular flexibility index (Phi) is 4.40. The molecule has 5 nitrogen and oxygen atoms in total. The van der Waals surface area contributed by atoms with Crippen LogP contribution in [0.2, 0.25) is 0 Å². The second-order valence-electron chi connectivity index (χ2n) is 5.73. The lowest BCUT2D eigenvalue weighted by Gasteiger charge is -2.01. The smallest absolute Gasteiger partial charge is 0.211 e. The van der Waals surface area contributed by atoms with E-state index in [9.17, 15) is 5.11 Å². The molecule has 0 saturated heterocycles. The summed E-state index contributed by atoms with van der Waals surface area (Å²) in [7, 11) is 0. The van der Waals surface area contributed by atoms with E-state index in [0.717, 1.165) is 27.4 Å². The fourth-order valence-corrected chi connectivity index (χ4v) is 4.37. The molecule has 2 aromatic heterocycles. The number of allylic oxidation sites excluding steroid dienone is 2. The number of para-hydroxylation sites is 1. The number of aromatic nitrogens is 2. The van der Waals surface area contributed by atoms with Gasteiger partial charge in [0.1, 0.15) is 0 Å². The van der Waals surface area contributed by atoms with Crippen LogP contribution in [0.3, 0.4) is 0 Å². The van der Waals surface area contributed by atoms with Crippen molar-refractivity contribution in [2.75, 3.05) is 0 Å². The predicted octanol–water partition coefficient (Wildman–Crippen LogP) is 4.70. The maximum atomic E-state index is 10.7. The largest absolute Gasteiger partial charge is 0.493 e. The average Bonchev–Trinajstić information content (AvgIpc) is 3.31. The van der Waals surface area contributed by atoms with E-state index in [2.05, 4.69) is 21.5 Å². The van der Waals surface area contributed by atoms with Crippen molar-refractivity contribution in [2.24, 2.45) is 9.98 Å². The van der Waals surface area contributed by atoms with Crippen molar-refractivity contribution in [3.63, 3.8) is 0 Å². The lowest BCUT2D eigenvalue weighted by molar-refractivity contribution is 0.421. The zero-order chi connectivity index (χ0) is 18.1. The normalized spacial score (nSPS) is 15.0. The first-order valence-corrected chi connectivity index (χ1v) is 9.71. The zero-order valence-electron chi connectivity index (χ0n) is 14.1. The maximum absolute atomic E-state index is 10.7. The Labute approximate surface area is 158 Å². The predicted molar refractivity (Wildman–Crippen MR) is 109 cm³/mol. The van der Waals surface area contributed by atoms with Gasteiger partial charge in [0.2, 0.25) is 11.0 Å². The van der Waals surface area contributed by atoms with Crippen molar-refractivity contribution < 1.29 is 5.11 Å². The molecule has 26 heavy (non-hydrogen) atoms. The molecular weight excluding hydrogens is 364 g/mol. The van der Waals surface area contributed by atoms with Crippen LogP contribution in [-0.2, 0) is 6.54 Å². The Morgan fingerprint density at radius 3 is 2.96 bits per heavy atom. The molecule has 1 N–H and O–H groups in total. The molecule has 0 bridgehead atoms. The Balaban J connectivity index is 1.82. The third-order valence-corrected chi connectivity index (χ3v) is 5.73. The van der Waals surface area contributed by atoms with Crippen LogP contribution in [0.4, 0.5) is 10.8 Å². The molecule has 0 aliphatic carbocycles. The van der Waals surface area contributed by atoms with Crippen molar-refractivity contribution in [3.05, 3.63) is 63.2 Å². The van der Waals surface area contributed by atoms with Crippen molar-refractivity contribution in [1.82, 2.24) is 9.55 Å². The van der Waals surface area contributed by atoms with Gasteiger partial charge in [-0.15, -0.1) is 17.9 Å². The van der Waals surface area contributed by atoms with Crippen molar-refractivity contribution in [2.45, 2.75) is 13.5 Å². The average molecular weight is 380 g/mol. The molecule has 0 spiro atoms. The number of aryl methyl sites for hydroxylation is 1. The Morgan fingerprint density at radius 1 is 1.35 bits per heavy atom. The lowest BCUT2D eigenvalue weighted by atomic mass is 10.1. The maximum Gasteiger partial charge on any atom is 0.211 e. The highest BCUT2D eigenvalue weighted by atomic mass is 32.1. The minimum absolute atomic E-state index is 0.173. The Morgan fingerprint density at radius 2 is 2.19 bits per heavy atom. The van der Waals surface area contributed by atoms with E-state index < -0.39 is 0 Å². The number of benzene rings is 1. The lowest BCUT2D eigenvalue weighted by Crippen LogP contribution is -2.12. The molecule has 1 aromatic carbocycles. The number of thiazole rings is 2. The molecule has 0 atom stereocenters. The van der Waals surface area contributed by atoms with E-state index in [0.29, 0.717) is 16.5 Å². The molecule has 130 valence electrons. The van der Waals surface area contributed by atoms with Crippen LogP contribution in [0.5, 0.6) is 5.88 Å². The first-order chi connectivity index (χ1) is 12.7. The minimum atomic E-state index is 0.173. The molecule has 1 aliphatic heterocycles. The molecule has 0 saturated carbocycles. The van der Waals surface area contributed by atoms with Crippen molar-refractivity contribution >= 4 is 51.4 Å². The monoisotopic (exact) mass is 380 g/mol. The quantitative estimate of drug-likeness (QED) is 0.667. The van der Waals surface area contributed by atoms with Gasteiger partial charge in [0.25, 0.3) is 0 Å². The summed E-state index contributed by atoms with van der Waals surface area (Å²) in [6.45, 7) is 6.18. The molecular formula is C19H16N4OS2. The summed E-state index contributed by atoms with van der Waals surface area (Å²) < 4.78 is 1.73. The highest BCUT2D eigenvalue weighted by Crippen LogP contribution is 2.34. The van der Waals surface area contributed by atoms with Gasteiger partial charge >= 0.3 is 0 Å². The van der Waals surface area contributed by atoms with Crippen LogP contribution < -0.4 is 4.80 Å². The van der Waals surface area contributed by atoms with Gasteiger partial charge < -0.3 is 5.11 Å². The number of aromatic hydroxyl groups is 1. The van der Waals surface area contributed by atoms with Gasteiger partial charge in [0.15, 0.2) is 4.80 Å². The van der Waals surface area contributed by atoms with Crippen LogP contribution in [0.1, 0.15) is 16.1 Å². The summed E-state index contributed by atoms with van der Waals surface area (Å²) in [6.07, 6.45) is 5.51. The number of nitrogens with zero attached hydrogens (tertiary/aromatic N) is 4. The summed E-state index contributed by atoms with van der Waals surface area (Å²) in [6, 6.07) is 7.95. The van der Waals surface area contributed by atoms with Gasteiger partial charge in [-0.1, -0.05) is 35.6 Å². The zero-order valence-corrected chi connectivity index (χ0v) is 15.7. The number of aliphatic imine (C=N–C) groups is 1. The summed E-state index contributed by atoms with van der Waals surface area (Å²) in [5, 5.41) is 13.3. The van der Waals surface area contributed by atoms with Gasteiger partial charge in [-0.3, -0.25) is 9.56 Å². The van der Waals surface area contributed by atoms with Crippen LogP contribution in [0.15, 0.2) is 52.3 Å². The van der Waals surface area contributed by atoms with Gasteiger partial charge in [-0.05, 0) is 19.1 Å². The third-order valence-electron chi connectivity index (χ3n) is 3.86. The molecule has 0 fully saturated rings. The van der Waals surface area contributed by atoms with Crippen LogP contribution in [-0.4, -0.2) is 20.9 Å². The topological polar surface area (TPSA) is 62.8 Å². The highest BCUT2D eigenvalue weighted by Gasteiger charge is 2.15. The van der Waals surface area contributed by atoms with E-state index in [1.54, 1.807) is 10.6 Å². The Bertz CT molecular complexity index is 1110. The fraction of sp³-hybridized carbons (Fsp3) is 0.105. The van der Waals surface area contributed by atoms with E-state index in [-0.39, 0.29) is 5.88 Å². The van der Waals surface area contributed by atoms with Crippen molar-refractivity contribution in [1.29, 1.82) is 0 Å². The molecule has 1 aliphatic rings. The summed E-state index contributed by atoms with van der Waals surface area (Å²) in [5.41, 5.74) is 3.91. The second-order valence-corrected chi connectivity index (χ2v) is 7.58. The molecule has 0 radical (unpaired) electrons. The molecule has 3 heterocycles. The SMILES string of the molecule is C=CCn1c(O)c(/C=C2\C=Nc3ccccc32)s/c1=N/c1nc(C)cs1. The number of hydrogen-bond donors (Lipinski definition) is 1.